The zero-order valence-corrected chi connectivity index (χ0v) is 7.40. The molecule has 0 aliphatic rings. The monoisotopic (exact) mass is 153 g/mol. The zero-order valence-electron chi connectivity index (χ0n) is 7.40. The normalized spacial score (nSPS) is 19.1. The second-order valence-corrected chi connectivity index (χ2v) is 3.56. The molecular weight excluding hydrogens is 136 g/mol. The van der Waals surface area contributed by atoms with E-state index in [-0.39, 0.29) is 15.4 Å². The molecule has 0 aliphatic heterocycles. The molecule has 0 aromatic rings. The van der Waals surface area contributed by atoms with Crippen molar-refractivity contribution in [1.82, 2.24) is 4.67 Å². The van der Waals surface area contributed by atoms with Crippen LogP contribution in [0.2, 0.25) is 0 Å². The number of hydrogen-bond donors (Lipinski definition) is 0. The predicted molar refractivity (Wildman–Crippen MR) is 42.1 cm³/mol. The van der Waals surface area contributed by atoms with Crippen LogP contribution in [-0.4, -0.2) is 24.7 Å². The van der Waals surface area contributed by atoms with E-state index in [1.807, 2.05) is 0 Å². The summed E-state index contributed by atoms with van der Waals surface area (Å²) in [5.74, 6) is 0. The van der Waals surface area contributed by atoms with Crippen molar-refractivity contribution < 1.29 is 4.39 Å². The third-order valence-electron chi connectivity index (χ3n) is 1.57. The highest BCUT2D eigenvalue weighted by atomic mass is 31.0. The Balaban J connectivity index is 3.94. The van der Waals surface area contributed by atoms with Gasteiger partial charge in [0.05, 0.1) is 1.28 Å². The van der Waals surface area contributed by atoms with E-state index in [1.54, 1.807) is 18.6 Å². The van der Waals surface area contributed by atoms with Gasteiger partial charge in [-0.15, -0.1) is 0 Å². The van der Waals surface area contributed by atoms with E-state index in [2.05, 4.69) is 0 Å². The Bertz CT molecular complexity index is 104. The van der Waals surface area contributed by atoms with Crippen LogP contribution < -0.4 is 0 Å². The van der Waals surface area contributed by atoms with E-state index in [1.165, 1.54) is 13.8 Å². The summed E-state index contributed by atoms with van der Waals surface area (Å²) < 4.78 is 21.8. The van der Waals surface area contributed by atoms with Crippen LogP contribution in [0.5, 0.6) is 0 Å². The molecule has 0 spiro atoms. The van der Waals surface area contributed by atoms with Crippen LogP contribution in [0, 0.1) is 0 Å². The van der Waals surface area contributed by atoms with E-state index in [0.29, 0.717) is 0 Å². The molecule has 0 N–H and O–H groups in total. The Morgan fingerprint density at radius 3 is 2.33 bits per heavy atom. The fourth-order valence-corrected chi connectivity index (χ4v) is 0.767. The van der Waals surface area contributed by atoms with Crippen LogP contribution in [-0.2, 0) is 0 Å². The maximum absolute atomic E-state index is 13.1. The molecule has 9 heavy (non-hydrogen) atoms. The minimum atomic E-state index is -1.21. The largest absolute Gasteiger partial charge is 0.285 e. The topological polar surface area (TPSA) is 3.24 Å². The van der Waals surface area contributed by atoms with Gasteiger partial charge in [0, 0.05) is 6.04 Å². The molecule has 0 amide bonds. The second kappa shape index (κ2) is 2.94. The summed E-state index contributed by atoms with van der Waals surface area (Å²) in [7, 11) is 1.69. The SMILES string of the molecule is [3H]PN(C)C(C)C(C)(C)F. The first kappa shape index (κ1) is 7.43. The summed E-state index contributed by atoms with van der Waals surface area (Å²) in [6, 6.07) is -0.177. The number of nitrogens with zero attached hydrogens (tertiary/aromatic N) is 1. The Morgan fingerprint density at radius 1 is 1.78 bits per heavy atom. The zero-order chi connectivity index (χ0) is 8.36. The summed E-state index contributed by atoms with van der Waals surface area (Å²) in [6.07, 6.45) is 0. The van der Waals surface area contributed by atoms with Crippen LogP contribution >= 0.6 is 9.34 Å². The highest BCUT2D eigenvalue weighted by Gasteiger charge is 2.26. The fraction of sp³-hybridized carbons (Fsp3) is 1.00. The van der Waals surface area contributed by atoms with E-state index < -0.39 is 5.67 Å². The van der Waals surface area contributed by atoms with E-state index >= 15 is 0 Å². The molecular formula is C6H15FNP. The van der Waals surface area contributed by atoms with Crippen molar-refractivity contribution in [3.8, 4) is 0 Å². The number of hydrogen-bond acceptors (Lipinski definition) is 1. The summed E-state index contributed by atoms with van der Waals surface area (Å²) in [6.45, 7) is 4.87. The smallest absolute Gasteiger partial charge is 0.120 e. The highest BCUT2D eigenvalue weighted by molar-refractivity contribution is 7.13. The maximum Gasteiger partial charge on any atom is 0.120 e. The van der Waals surface area contributed by atoms with Crippen molar-refractivity contribution in [1.29, 1.82) is 1.28 Å². The molecule has 0 bridgehead atoms. The van der Waals surface area contributed by atoms with Gasteiger partial charge in [0.1, 0.15) is 5.67 Å². The van der Waals surface area contributed by atoms with Crippen molar-refractivity contribution >= 4 is 9.34 Å². The van der Waals surface area contributed by atoms with Crippen molar-refractivity contribution in [3.63, 3.8) is 0 Å². The van der Waals surface area contributed by atoms with E-state index in [0.717, 1.165) is 0 Å². The van der Waals surface area contributed by atoms with Gasteiger partial charge in [-0.3, -0.25) is 4.67 Å². The molecule has 0 fully saturated rings. The summed E-state index contributed by atoms with van der Waals surface area (Å²) >= 11 is 0. The Kier molecular flexibility index (Phi) is 2.42. The minimum Gasteiger partial charge on any atom is -0.285 e. The molecule has 0 radical (unpaired) electrons. The van der Waals surface area contributed by atoms with Crippen LogP contribution in [0.3, 0.4) is 0 Å². The van der Waals surface area contributed by atoms with Gasteiger partial charge in [0.15, 0.2) is 0 Å². The van der Waals surface area contributed by atoms with E-state index in [9.17, 15) is 4.39 Å². The van der Waals surface area contributed by atoms with Crippen molar-refractivity contribution in [3.05, 3.63) is 0 Å². The number of alkyl halides is 1. The lowest BCUT2D eigenvalue weighted by Crippen LogP contribution is -2.37. The first-order valence-electron chi connectivity index (χ1n) is 3.48. The van der Waals surface area contributed by atoms with Gasteiger partial charge in [-0.25, -0.2) is 4.39 Å². The number of rotatable bonds is 3. The molecule has 0 aromatic heterocycles. The first-order valence-corrected chi connectivity index (χ1v) is 3.43. The molecule has 0 saturated carbocycles. The van der Waals surface area contributed by atoms with Crippen molar-refractivity contribution in [2.45, 2.75) is 32.5 Å². The first-order chi connectivity index (χ1) is 4.39. The molecule has 2 unspecified atom stereocenters. The third-order valence-corrected chi connectivity index (χ3v) is 1.96. The Labute approximate surface area is 60.2 Å². The molecule has 0 aliphatic carbocycles. The maximum atomic E-state index is 13.1. The van der Waals surface area contributed by atoms with Gasteiger partial charge < -0.3 is 0 Å². The quantitative estimate of drug-likeness (QED) is 0.559. The van der Waals surface area contributed by atoms with E-state index in [4.69, 9.17) is 1.28 Å². The van der Waals surface area contributed by atoms with Gasteiger partial charge in [-0.2, -0.15) is 0 Å². The highest BCUT2D eigenvalue weighted by Crippen LogP contribution is 2.20. The molecule has 0 saturated heterocycles. The lowest BCUT2D eigenvalue weighted by atomic mass is 10.0. The van der Waals surface area contributed by atoms with Crippen molar-refractivity contribution in [2.24, 2.45) is 0 Å². The molecule has 0 rings (SSSR count). The van der Waals surface area contributed by atoms with Gasteiger partial charge in [-0.05, 0) is 27.8 Å². The molecule has 0 heterocycles. The van der Waals surface area contributed by atoms with Gasteiger partial charge in [0.2, 0.25) is 0 Å². The molecule has 0 aromatic carbocycles. The number of halogens is 1. The third kappa shape index (κ3) is 3.12. The average molecular weight is 153 g/mol. The van der Waals surface area contributed by atoms with Gasteiger partial charge in [0.25, 0.3) is 0 Å². The summed E-state index contributed by atoms with van der Waals surface area (Å²) in [5.41, 5.74) is -1.21. The van der Waals surface area contributed by atoms with Crippen LogP contribution in [0.25, 0.3) is 0 Å². The molecule has 56 valence electrons. The fourth-order valence-electron chi connectivity index (χ4n) is 0.460. The minimum absolute atomic E-state index is 0.0712. The Morgan fingerprint density at radius 2 is 2.22 bits per heavy atom. The van der Waals surface area contributed by atoms with Crippen LogP contribution in [0.4, 0.5) is 4.39 Å². The summed E-state index contributed by atoms with van der Waals surface area (Å²) in [5, 5.41) is 0. The summed E-state index contributed by atoms with van der Waals surface area (Å²) in [4.78, 5) is 0. The Hall–Kier alpha value is 0.320. The van der Waals surface area contributed by atoms with Crippen LogP contribution in [0.15, 0.2) is 0 Å². The average Bonchev–Trinajstić information content (AvgIpc) is 1.83. The van der Waals surface area contributed by atoms with Gasteiger partial charge in [-0.1, -0.05) is 9.34 Å². The molecule has 2 atom stereocenters. The van der Waals surface area contributed by atoms with Crippen molar-refractivity contribution in [2.75, 3.05) is 7.05 Å². The van der Waals surface area contributed by atoms with Crippen LogP contribution in [0.1, 0.15) is 20.8 Å². The second-order valence-electron chi connectivity index (χ2n) is 2.85. The molecule has 3 heteroatoms. The lowest BCUT2D eigenvalue weighted by Gasteiger charge is -2.28. The van der Waals surface area contributed by atoms with Gasteiger partial charge >= 0.3 is 0 Å². The molecule has 1 nitrogen and oxygen atoms in total. The lowest BCUT2D eigenvalue weighted by molar-refractivity contribution is 0.127. The predicted octanol–water partition coefficient (Wildman–Crippen LogP) is 1.84. The standard InChI is InChI=1S/C6H15FNP/c1-5(8(4)9)6(2,3)7/h5H,9H2,1-4H3/i9T.